The number of aromatic nitrogens is 2. The van der Waals surface area contributed by atoms with Crippen molar-refractivity contribution in [2.24, 2.45) is 5.73 Å². The van der Waals surface area contributed by atoms with E-state index in [4.69, 9.17) is 5.73 Å². The Morgan fingerprint density at radius 3 is 2.39 bits per heavy atom. The van der Waals surface area contributed by atoms with Gasteiger partial charge in [-0.2, -0.15) is 0 Å². The molecule has 8 nitrogen and oxygen atoms in total. The molecule has 8 heteroatoms. The maximum atomic E-state index is 13.1. The van der Waals surface area contributed by atoms with Crippen molar-refractivity contribution in [3.05, 3.63) is 23.3 Å². The van der Waals surface area contributed by atoms with Gasteiger partial charge in [0.05, 0.1) is 23.8 Å². The van der Waals surface area contributed by atoms with Gasteiger partial charge in [-0.05, 0) is 65.1 Å². The second kappa shape index (κ2) is 10.0. The Labute approximate surface area is 185 Å². The predicted octanol–water partition coefficient (Wildman–Crippen LogP) is 1.89. The maximum absolute atomic E-state index is 13.1. The number of hydrogen-bond donors (Lipinski definition) is 1. The minimum absolute atomic E-state index is 0.0178. The van der Waals surface area contributed by atoms with Crippen molar-refractivity contribution in [2.45, 2.75) is 70.4 Å². The van der Waals surface area contributed by atoms with Crippen LogP contribution >= 0.6 is 0 Å². The summed E-state index contributed by atoms with van der Waals surface area (Å²) in [6, 6.07) is 0.663. The summed E-state index contributed by atoms with van der Waals surface area (Å²) in [4.78, 5) is 40.5. The summed E-state index contributed by atoms with van der Waals surface area (Å²) in [5.41, 5.74) is 6.36. The Morgan fingerprint density at radius 2 is 1.71 bits per heavy atom. The van der Waals surface area contributed by atoms with Crippen LogP contribution in [0.5, 0.6) is 0 Å². The second-order valence-electron chi connectivity index (χ2n) is 9.28. The van der Waals surface area contributed by atoms with Crippen molar-refractivity contribution in [3.63, 3.8) is 0 Å². The van der Waals surface area contributed by atoms with Gasteiger partial charge in [-0.1, -0.05) is 12.8 Å². The number of piperidine rings is 3. The molecule has 3 aliphatic rings. The van der Waals surface area contributed by atoms with E-state index in [1.54, 1.807) is 6.92 Å². The molecule has 0 spiro atoms. The number of primary amides is 1. The zero-order valence-electron chi connectivity index (χ0n) is 18.8. The summed E-state index contributed by atoms with van der Waals surface area (Å²) >= 11 is 0. The molecule has 1 unspecified atom stereocenters. The molecule has 4 rings (SSSR count). The highest BCUT2D eigenvalue weighted by Crippen LogP contribution is 2.29. The fourth-order valence-electron chi connectivity index (χ4n) is 5.40. The van der Waals surface area contributed by atoms with E-state index in [9.17, 15) is 9.59 Å². The fourth-order valence-corrected chi connectivity index (χ4v) is 5.40. The summed E-state index contributed by atoms with van der Waals surface area (Å²) in [7, 11) is 0. The van der Waals surface area contributed by atoms with Gasteiger partial charge < -0.3 is 15.5 Å². The van der Waals surface area contributed by atoms with E-state index in [0.717, 1.165) is 51.7 Å². The Morgan fingerprint density at radius 1 is 1.00 bits per heavy atom. The third-order valence-electron chi connectivity index (χ3n) is 7.24. The van der Waals surface area contributed by atoms with Crippen LogP contribution in [0.25, 0.3) is 0 Å². The highest BCUT2D eigenvalue weighted by Gasteiger charge is 2.32. The number of nitrogens with zero attached hydrogens (tertiary/aromatic N) is 5. The number of amides is 2. The van der Waals surface area contributed by atoms with Crippen LogP contribution in [0.3, 0.4) is 0 Å². The lowest BCUT2D eigenvalue weighted by Crippen LogP contribution is -2.50. The lowest BCUT2D eigenvalue weighted by atomic mass is 9.99. The lowest BCUT2D eigenvalue weighted by Gasteiger charge is -2.41. The molecular weight excluding hydrogens is 392 g/mol. The van der Waals surface area contributed by atoms with Gasteiger partial charge in [0.15, 0.2) is 0 Å². The number of rotatable bonds is 5. The summed E-state index contributed by atoms with van der Waals surface area (Å²) in [5.74, 6) is 0.404. The summed E-state index contributed by atoms with van der Waals surface area (Å²) in [5, 5.41) is 0. The van der Waals surface area contributed by atoms with Crippen molar-refractivity contribution in [2.75, 3.05) is 39.3 Å². The molecule has 31 heavy (non-hydrogen) atoms. The minimum Gasteiger partial charge on any atom is -0.365 e. The molecular formula is C23H36N6O2. The van der Waals surface area contributed by atoms with Crippen molar-refractivity contribution in [3.8, 4) is 0 Å². The van der Waals surface area contributed by atoms with Gasteiger partial charge in [0.2, 0.25) is 5.91 Å². The van der Waals surface area contributed by atoms with E-state index in [1.165, 1.54) is 38.5 Å². The average Bonchev–Trinajstić information content (AvgIpc) is 2.80. The number of aryl methyl sites for hydroxylation is 1. The first-order valence-electron chi connectivity index (χ1n) is 11.9. The topological polar surface area (TPSA) is 95.7 Å². The standard InChI is InChI=1S/C23H36N6O2/c1-17-19(22(24)31)15-25-23(26-17)20-7-3-6-12-29(20)16-21(30)28-13-8-18(9-14-28)27-10-4-2-5-11-27/h15,18,20H,2-14,16H2,1H3,(H2,24,31). The molecule has 0 aromatic carbocycles. The minimum atomic E-state index is -0.507. The fraction of sp³-hybridized carbons (Fsp3) is 0.739. The first-order valence-corrected chi connectivity index (χ1v) is 11.9. The zero-order chi connectivity index (χ0) is 21.8. The van der Waals surface area contributed by atoms with Crippen LogP contribution in [0, 0.1) is 6.92 Å². The molecule has 170 valence electrons. The highest BCUT2D eigenvalue weighted by molar-refractivity contribution is 5.93. The molecule has 2 N–H and O–H groups in total. The molecule has 2 amide bonds. The highest BCUT2D eigenvalue weighted by atomic mass is 16.2. The molecule has 0 radical (unpaired) electrons. The van der Waals surface area contributed by atoms with E-state index in [-0.39, 0.29) is 11.9 Å². The van der Waals surface area contributed by atoms with Gasteiger partial charge in [0.25, 0.3) is 5.91 Å². The Kier molecular flexibility index (Phi) is 7.17. The Bertz CT molecular complexity index is 786. The largest absolute Gasteiger partial charge is 0.365 e. The maximum Gasteiger partial charge on any atom is 0.252 e. The summed E-state index contributed by atoms with van der Waals surface area (Å²) in [6.07, 6.45) is 10.8. The molecule has 1 aromatic heterocycles. The molecule has 3 fully saturated rings. The van der Waals surface area contributed by atoms with E-state index in [2.05, 4.69) is 24.7 Å². The normalized spacial score (nSPS) is 24.3. The SMILES string of the molecule is Cc1nc(C2CCCCN2CC(=O)N2CCC(N3CCCCC3)CC2)ncc1C(N)=O. The van der Waals surface area contributed by atoms with Crippen LogP contribution in [0.4, 0.5) is 0 Å². The van der Waals surface area contributed by atoms with Crippen molar-refractivity contribution < 1.29 is 9.59 Å². The van der Waals surface area contributed by atoms with Crippen molar-refractivity contribution >= 4 is 11.8 Å². The van der Waals surface area contributed by atoms with Crippen LogP contribution in [0.15, 0.2) is 6.20 Å². The van der Waals surface area contributed by atoms with Gasteiger partial charge in [-0.3, -0.25) is 14.5 Å². The Hall–Kier alpha value is -2.06. The summed E-state index contributed by atoms with van der Waals surface area (Å²) in [6.45, 7) is 7.25. The van der Waals surface area contributed by atoms with Crippen LogP contribution in [0.2, 0.25) is 0 Å². The molecule has 1 aromatic rings. The molecule has 4 heterocycles. The number of likely N-dealkylation sites (tertiary alicyclic amines) is 3. The first kappa shape index (κ1) is 22.1. The zero-order valence-corrected chi connectivity index (χ0v) is 18.8. The van der Waals surface area contributed by atoms with E-state index in [1.807, 2.05) is 0 Å². The number of hydrogen-bond acceptors (Lipinski definition) is 6. The van der Waals surface area contributed by atoms with Gasteiger partial charge in [-0.15, -0.1) is 0 Å². The quantitative estimate of drug-likeness (QED) is 0.769. The number of nitrogens with two attached hydrogens (primary N) is 1. The van der Waals surface area contributed by atoms with Crippen LogP contribution in [-0.2, 0) is 4.79 Å². The molecule has 3 aliphatic heterocycles. The third kappa shape index (κ3) is 5.23. The van der Waals surface area contributed by atoms with Gasteiger partial charge in [0.1, 0.15) is 5.82 Å². The first-order chi connectivity index (χ1) is 15.0. The van der Waals surface area contributed by atoms with E-state index >= 15 is 0 Å². The van der Waals surface area contributed by atoms with Crippen molar-refractivity contribution in [1.29, 1.82) is 0 Å². The monoisotopic (exact) mass is 428 g/mol. The van der Waals surface area contributed by atoms with Crippen LogP contribution < -0.4 is 5.73 Å². The lowest BCUT2D eigenvalue weighted by molar-refractivity contribution is -0.135. The van der Waals surface area contributed by atoms with Crippen LogP contribution in [0.1, 0.15) is 79.3 Å². The Balaban J connectivity index is 1.35. The second-order valence-corrected chi connectivity index (χ2v) is 9.28. The van der Waals surface area contributed by atoms with Crippen molar-refractivity contribution in [1.82, 2.24) is 24.7 Å². The number of carbonyl (C=O) groups excluding carboxylic acids is 2. The molecule has 1 atom stereocenters. The predicted molar refractivity (Wildman–Crippen MR) is 118 cm³/mol. The van der Waals surface area contributed by atoms with Crippen LogP contribution in [-0.4, -0.2) is 81.8 Å². The smallest absolute Gasteiger partial charge is 0.252 e. The van der Waals surface area contributed by atoms with Gasteiger partial charge in [-0.25, -0.2) is 9.97 Å². The van der Waals surface area contributed by atoms with Gasteiger partial charge in [0, 0.05) is 25.3 Å². The molecule has 0 saturated carbocycles. The van der Waals surface area contributed by atoms with Gasteiger partial charge >= 0.3 is 0 Å². The molecule has 3 saturated heterocycles. The summed E-state index contributed by atoms with van der Waals surface area (Å²) < 4.78 is 0. The third-order valence-corrected chi connectivity index (χ3v) is 7.24. The number of carbonyl (C=O) groups is 2. The average molecular weight is 429 g/mol. The molecule has 0 aliphatic carbocycles. The van der Waals surface area contributed by atoms with E-state index in [0.29, 0.717) is 29.7 Å². The molecule has 0 bridgehead atoms. The van der Waals surface area contributed by atoms with E-state index < -0.39 is 5.91 Å².